The van der Waals surface area contributed by atoms with Crippen molar-refractivity contribution in [1.29, 1.82) is 0 Å². The molecular weight excluding hydrogens is 338 g/mol. The fourth-order valence-electron chi connectivity index (χ4n) is 2.72. The maximum atomic E-state index is 12.5. The lowest BCUT2D eigenvalue weighted by Gasteiger charge is -2.19. The Balaban J connectivity index is 1.56. The van der Waals surface area contributed by atoms with E-state index in [1.54, 1.807) is 18.1 Å². The van der Waals surface area contributed by atoms with Gasteiger partial charge in [0.1, 0.15) is 11.6 Å². The van der Waals surface area contributed by atoms with Crippen LogP contribution in [0.25, 0.3) is 0 Å². The zero-order chi connectivity index (χ0) is 17.6. The molecule has 0 spiro atoms. The Labute approximate surface area is 152 Å². The Kier molecular flexibility index (Phi) is 5.56. The summed E-state index contributed by atoms with van der Waals surface area (Å²) in [6, 6.07) is 15.1. The lowest BCUT2D eigenvalue weighted by Crippen LogP contribution is -2.43. The van der Waals surface area contributed by atoms with E-state index in [1.165, 1.54) is 0 Å². The van der Waals surface area contributed by atoms with Gasteiger partial charge in [0, 0.05) is 23.7 Å². The van der Waals surface area contributed by atoms with Crippen molar-refractivity contribution < 1.29 is 9.53 Å². The van der Waals surface area contributed by atoms with Gasteiger partial charge in [-0.15, -0.1) is 0 Å². The number of methoxy groups -OCH3 is 1. The number of amides is 2. The van der Waals surface area contributed by atoms with E-state index in [1.807, 2.05) is 42.5 Å². The van der Waals surface area contributed by atoms with Crippen LogP contribution in [0.2, 0.25) is 5.02 Å². The zero-order valence-corrected chi connectivity index (χ0v) is 14.8. The summed E-state index contributed by atoms with van der Waals surface area (Å²) in [5.41, 5.74) is 2.00. The van der Waals surface area contributed by atoms with Crippen LogP contribution in [-0.4, -0.2) is 43.5 Å². The molecule has 0 radical (unpaired) electrons. The van der Waals surface area contributed by atoms with Crippen LogP contribution in [0.3, 0.4) is 0 Å². The summed E-state index contributed by atoms with van der Waals surface area (Å²) in [5.74, 6) is 1.50. The summed E-state index contributed by atoms with van der Waals surface area (Å²) in [5, 5.41) is 3.59. The van der Waals surface area contributed by atoms with Crippen molar-refractivity contribution in [2.24, 2.45) is 4.99 Å². The number of carbonyl (C=O) groups excluding carboxylic acids is 1. The van der Waals surface area contributed by atoms with Crippen LogP contribution in [0.1, 0.15) is 11.1 Å². The molecule has 0 fully saturated rings. The largest absolute Gasteiger partial charge is 0.497 e. The lowest BCUT2D eigenvalue weighted by molar-refractivity contribution is 0.223. The first-order chi connectivity index (χ1) is 12.2. The van der Waals surface area contributed by atoms with Gasteiger partial charge >= 0.3 is 6.03 Å². The van der Waals surface area contributed by atoms with Gasteiger partial charge in [-0.25, -0.2) is 4.79 Å². The molecule has 0 bridgehead atoms. The highest BCUT2D eigenvalue weighted by atomic mass is 35.5. The number of aliphatic imine (C=N–C) groups is 1. The number of urea groups is 1. The molecule has 0 saturated heterocycles. The average Bonchev–Trinajstić information content (AvgIpc) is 3.12. The average molecular weight is 358 g/mol. The predicted molar refractivity (Wildman–Crippen MR) is 99.7 cm³/mol. The van der Waals surface area contributed by atoms with Crippen LogP contribution in [0.4, 0.5) is 4.79 Å². The molecule has 25 heavy (non-hydrogen) atoms. The Morgan fingerprint density at radius 3 is 2.80 bits per heavy atom. The molecule has 130 valence electrons. The third-order valence-electron chi connectivity index (χ3n) is 4.02. The third-order valence-corrected chi connectivity index (χ3v) is 4.25. The highest BCUT2D eigenvalue weighted by molar-refractivity contribution is 6.31. The van der Waals surface area contributed by atoms with Crippen LogP contribution in [0.15, 0.2) is 53.5 Å². The van der Waals surface area contributed by atoms with Crippen molar-refractivity contribution in [1.82, 2.24) is 10.2 Å². The van der Waals surface area contributed by atoms with Gasteiger partial charge < -0.3 is 10.1 Å². The van der Waals surface area contributed by atoms with Crippen molar-refractivity contribution in [3.8, 4) is 5.75 Å². The summed E-state index contributed by atoms with van der Waals surface area (Å²) in [4.78, 5) is 18.6. The second-order valence-corrected chi connectivity index (χ2v) is 6.13. The van der Waals surface area contributed by atoms with E-state index in [9.17, 15) is 4.79 Å². The number of halogens is 1. The van der Waals surface area contributed by atoms with Gasteiger partial charge in [0.2, 0.25) is 0 Å². The first kappa shape index (κ1) is 17.3. The fourth-order valence-corrected chi connectivity index (χ4v) is 2.91. The molecule has 6 heteroatoms. The summed E-state index contributed by atoms with van der Waals surface area (Å²) in [6.07, 6.45) is 0.757. The summed E-state index contributed by atoms with van der Waals surface area (Å²) < 4.78 is 5.14. The number of nitrogens with zero attached hydrogens (tertiary/aromatic N) is 2. The van der Waals surface area contributed by atoms with Crippen molar-refractivity contribution in [3.63, 3.8) is 0 Å². The molecule has 1 heterocycles. The van der Waals surface area contributed by atoms with E-state index in [4.69, 9.17) is 16.3 Å². The molecule has 1 aliphatic heterocycles. The monoisotopic (exact) mass is 357 g/mol. The number of ether oxygens (including phenoxy) is 1. The molecule has 2 aromatic rings. The van der Waals surface area contributed by atoms with Crippen molar-refractivity contribution >= 4 is 23.5 Å². The summed E-state index contributed by atoms with van der Waals surface area (Å²) >= 11 is 6.04. The summed E-state index contributed by atoms with van der Waals surface area (Å²) in [6.45, 7) is 1.74. The highest BCUT2D eigenvalue weighted by Crippen LogP contribution is 2.16. The molecule has 5 nitrogen and oxygen atoms in total. The first-order valence-electron chi connectivity index (χ1n) is 8.16. The van der Waals surface area contributed by atoms with Gasteiger partial charge in [-0.05, 0) is 36.2 Å². The number of benzene rings is 2. The number of hydrogen-bond donors (Lipinski definition) is 1. The second kappa shape index (κ2) is 8.03. The highest BCUT2D eigenvalue weighted by Gasteiger charge is 2.24. The molecule has 0 aliphatic carbocycles. The van der Waals surface area contributed by atoms with Crippen molar-refractivity contribution in [3.05, 3.63) is 64.7 Å². The quantitative estimate of drug-likeness (QED) is 0.892. The number of nitrogens with one attached hydrogen (secondary N) is 1. The zero-order valence-electron chi connectivity index (χ0n) is 14.0. The van der Waals surface area contributed by atoms with Crippen LogP contribution >= 0.6 is 11.6 Å². The first-order valence-corrected chi connectivity index (χ1v) is 8.54. The molecule has 0 aromatic heterocycles. The van der Waals surface area contributed by atoms with E-state index in [0.717, 1.165) is 23.3 Å². The topological polar surface area (TPSA) is 53.9 Å². The van der Waals surface area contributed by atoms with Crippen molar-refractivity contribution in [2.75, 3.05) is 26.7 Å². The SMILES string of the molecule is COc1ccc(CCNC(=O)N2CCN=C2c2cccc(Cl)c2)cc1. The van der Waals surface area contributed by atoms with Crippen LogP contribution < -0.4 is 10.1 Å². The molecule has 0 saturated carbocycles. The molecule has 0 atom stereocenters. The third kappa shape index (κ3) is 4.31. The van der Waals surface area contributed by atoms with Crippen molar-refractivity contribution in [2.45, 2.75) is 6.42 Å². The van der Waals surface area contributed by atoms with E-state index in [0.29, 0.717) is 30.5 Å². The lowest BCUT2D eigenvalue weighted by atomic mass is 10.1. The Bertz CT molecular complexity index is 774. The van der Waals surface area contributed by atoms with Gasteiger partial charge in [0.05, 0.1) is 13.7 Å². The van der Waals surface area contributed by atoms with E-state index >= 15 is 0 Å². The molecular formula is C19H20ClN3O2. The minimum atomic E-state index is -0.135. The second-order valence-electron chi connectivity index (χ2n) is 5.70. The molecule has 3 rings (SSSR count). The summed E-state index contributed by atoms with van der Waals surface area (Å²) in [7, 11) is 1.64. The van der Waals surface area contributed by atoms with Gasteiger partial charge in [-0.3, -0.25) is 9.89 Å². The van der Waals surface area contributed by atoms with E-state index in [2.05, 4.69) is 10.3 Å². The molecule has 2 amide bonds. The van der Waals surface area contributed by atoms with E-state index in [-0.39, 0.29) is 6.03 Å². The number of amidine groups is 1. The maximum Gasteiger partial charge on any atom is 0.323 e. The van der Waals surface area contributed by atoms with Crippen LogP contribution in [0, 0.1) is 0 Å². The minimum absolute atomic E-state index is 0.135. The Hall–Kier alpha value is -2.53. The van der Waals surface area contributed by atoms with Gasteiger partial charge in [0.15, 0.2) is 0 Å². The molecule has 1 aliphatic rings. The van der Waals surface area contributed by atoms with Crippen LogP contribution in [-0.2, 0) is 6.42 Å². The standard InChI is InChI=1S/C19H20ClN3O2/c1-25-17-7-5-14(6-8-17)9-10-22-19(24)23-12-11-21-18(23)15-3-2-4-16(20)13-15/h2-8,13H,9-12H2,1H3,(H,22,24). The molecule has 0 unspecified atom stereocenters. The predicted octanol–water partition coefficient (Wildman–Crippen LogP) is 3.36. The van der Waals surface area contributed by atoms with Gasteiger partial charge in [0.25, 0.3) is 0 Å². The molecule has 1 N–H and O–H groups in total. The minimum Gasteiger partial charge on any atom is -0.497 e. The van der Waals surface area contributed by atoms with Gasteiger partial charge in [-0.1, -0.05) is 35.9 Å². The number of rotatable bonds is 5. The fraction of sp³-hybridized carbons (Fsp3) is 0.263. The van der Waals surface area contributed by atoms with E-state index < -0.39 is 0 Å². The van der Waals surface area contributed by atoms with Gasteiger partial charge in [-0.2, -0.15) is 0 Å². The number of hydrogen-bond acceptors (Lipinski definition) is 3. The van der Waals surface area contributed by atoms with Crippen LogP contribution in [0.5, 0.6) is 5.75 Å². The maximum absolute atomic E-state index is 12.5. The molecule has 2 aromatic carbocycles. The smallest absolute Gasteiger partial charge is 0.323 e. The Morgan fingerprint density at radius 1 is 1.28 bits per heavy atom. The Morgan fingerprint density at radius 2 is 2.08 bits per heavy atom. The normalized spacial score (nSPS) is 13.5. The number of carbonyl (C=O) groups is 1.